The van der Waals surface area contributed by atoms with Gasteiger partial charge in [0.05, 0.1) is 12.2 Å². The maximum atomic E-state index is 7.08. The van der Waals surface area contributed by atoms with Gasteiger partial charge in [-0.3, -0.25) is 0 Å². The molecular formula is C28H40O3Si. The molecule has 1 aliphatic rings. The second-order valence-corrected chi connectivity index (χ2v) is 14.6. The molecule has 174 valence electrons. The summed E-state index contributed by atoms with van der Waals surface area (Å²) in [4.78, 5) is 0. The molecule has 1 aliphatic heterocycles. The first-order chi connectivity index (χ1) is 15.1. The highest BCUT2D eigenvalue weighted by molar-refractivity contribution is 6.99. The van der Waals surface area contributed by atoms with Gasteiger partial charge in [-0.15, -0.1) is 0 Å². The number of benzene rings is 2. The molecule has 1 heterocycles. The Labute approximate surface area is 195 Å². The van der Waals surface area contributed by atoms with E-state index in [4.69, 9.17) is 13.9 Å². The van der Waals surface area contributed by atoms with E-state index in [1.165, 1.54) is 10.4 Å². The van der Waals surface area contributed by atoms with Gasteiger partial charge in [0.2, 0.25) is 0 Å². The van der Waals surface area contributed by atoms with Gasteiger partial charge in [-0.25, -0.2) is 0 Å². The maximum Gasteiger partial charge on any atom is 0.261 e. The quantitative estimate of drug-likeness (QED) is 0.399. The summed E-state index contributed by atoms with van der Waals surface area (Å²) in [6, 6.07) is 21.6. The minimum atomic E-state index is -2.52. The van der Waals surface area contributed by atoms with E-state index >= 15 is 0 Å². The molecule has 0 spiro atoms. The lowest BCUT2D eigenvalue weighted by Crippen LogP contribution is -2.66. The molecule has 3 rings (SSSR count). The summed E-state index contributed by atoms with van der Waals surface area (Å²) in [5.41, 5.74) is 0. The Morgan fingerprint density at radius 1 is 0.938 bits per heavy atom. The third kappa shape index (κ3) is 5.25. The average Bonchev–Trinajstić information content (AvgIpc) is 2.74. The van der Waals surface area contributed by atoms with Crippen LogP contribution in [-0.2, 0) is 13.9 Å². The molecule has 0 N–H and O–H groups in total. The van der Waals surface area contributed by atoms with Crippen molar-refractivity contribution in [1.82, 2.24) is 0 Å². The van der Waals surface area contributed by atoms with Crippen LogP contribution in [0.2, 0.25) is 5.04 Å². The molecule has 0 amide bonds. The molecule has 32 heavy (non-hydrogen) atoms. The van der Waals surface area contributed by atoms with Crippen molar-refractivity contribution in [2.45, 2.75) is 77.9 Å². The SMILES string of the molecule is C/C=C/[C@H]1OC(C)(C)O[C@H](CCO[Si](c2ccccc2)(c2ccccc2)C(C)(C)C)[C@@H]1C. The highest BCUT2D eigenvalue weighted by Crippen LogP contribution is 2.38. The van der Waals surface area contributed by atoms with Crippen LogP contribution in [-0.4, -0.2) is 32.9 Å². The second kappa shape index (κ2) is 10.0. The van der Waals surface area contributed by atoms with E-state index < -0.39 is 14.1 Å². The zero-order valence-electron chi connectivity index (χ0n) is 20.8. The van der Waals surface area contributed by atoms with Gasteiger partial charge in [-0.05, 0) is 42.6 Å². The van der Waals surface area contributed by atoms with Gasteiger partial charge < -0.3 is 13.9 Å². The van der Waals surface area contributed by atoms with Crippen LogP contribution in [0.25, 0.3) is 0 Å². The van der Waals surface area contributed by atoms with Gasteiger partial charge in [-0.1, -0.05) is 101 Å². The van der Waals surface area contributed by atoms with Crippen LogP contribution in [0.3, 0.4) is 0 Å². The highest BCUT2D eigenvalue weighted by atomic mass is 28.4. The summed E-state index contributed by atoms with van der Waals surface area (Å²) >= 11 is 0. The smallest absolute Gasteiger partial charge is 0.261 e. The molecule has 2 aromatic rings. The summed E-state index contributed by atoms with van der Waals surface area (Å²) in [5.74, 6) is -0.333. The lowest BCUT2D eigenvalue weighted by Gasteiger charge is -2.46. The number of rotatable bonds is 7. The second-order valence-electron chi connectivity index (χ2n) is 10.3. The van der Waals surface area contributed by atoms with Crippen molar-refractivity contribution in [3.63, 3.8) is 0 Å². The standard InChI is InChI=1S/C28H40O3Si/c1-8-15-25-22(2)26(31-28(6,7)30-25)20-21-29-32(27(3,4)5,23-16-11-9-12-17-23)24-18-13-10-14-19-24/h8-19,22,25-26H,20-21H2,1-7H3/b15-8+/t22-,25-,26-/m1/s1. The largest absolute Gasteiger partial charge is 0.407 e. The summed E-state index contributed by atoms with van der Waals surface area (Å²) < 4.78 is 19.6. The van der Waals surface area contributed by atoms with Gasteiger partial charge in [0, 0.05) is 12.5 Å². The lowest BCUT2D eigenvalue weighted by molar-refractivity contribution is -0.310. The molecule has 3 atom stereocenters. The minimum absolute atomic E-state index is 0.0232. The Hall–Kier alpha value is -1.72. The molecule has 2 aromatic carbocycles. The number of hydrogen-bond acceptors (Lipinski definition) is 3. The predicted molar refractivity (Wildman–Crippen MR) is 136 cm³/mol. The normalized spacial score (nSPS) is 24.0. The summed E-state index contributed by atoms with van der Waals surface area (Å²) in [6.45, 7) is 15.9. The van der Waals surface area contributed by atoms with E-state index in [2.05, 4.69) is 101 Å². The molecule has 3 nitrogen and oxygen atoms in total. The Bertz CT molecular complexity index is 831. The molecule has 0 unspecified atom stereocenters. The monoisotopic (exact) mass is 452 g/mol. The van der Waals surface area contributed by atoms with Crippen LogP contribution in [0.5, 0.6) is 0 Å². The molecule has 0 radical (unpaired) electrons. The van der Waals surface area contributed by atoms with E-state index in [1.54, 1.807) is 0 Å². The van der Waals surface area contributed by atoms with Crippen molar-refractivity contribution in [3.8, 4) is 0 Å². The van der Waals surface area contributed by atoms with Crippen molar-refractivity contribution < 1.29 is 13.9 Å². The van der Waals surface area contributed by atoms with E-state index in [-0.39, 0.29) is 23.2 Å². The zero-order valence-corrected chi connectivity index (χ0v) is 21.8. The number of allylic oxidation sites excluding steroid dienone is 1. The first-order valence-corrected chi connectivity index (χ1v) is 13.7. The molecule has 4 heteroatoms. The molecule has 0 aliphatic carbocycles. The minimum Gasteiger partial charge on any atom is -0.407 e. The Balaban J connectivity index is 1.90. The topological polar surface area (TPSA) is 27.7 Å². The summed E-state index contributed by atoms with van der Waals surface area (Å²) in [6.07, 6.45) is 5.19. The maximum absolute atomic E-state index is 7.08. The van der Waals surface area contributed by atoms with Crippen LogP contribution >= 0.6 is 0 Å². The third-order valence-corrected chi connectivity index (χ3v) is 11.5. The molecule has 1 saturated heterocycles. The van der Waals surface area contributed by atoms with Crippen molar-refractivity contribution in [1.29, 1.82) is 0 Å². The zero-order chi connectivity index (χ0) is 23.4. The van der Waals surface area contributed by atoms with Gasteiger partial charge in [-0.2, -0.15) is 0 Å². The molecule has 1 fully saturated rings. The van der Waals surface area contributed by atoms with Gasteiger partial charge in [0.1, 0.15) is 0 Å². The lowest BCUT2D eigenvalue weighted by atomic mass is 9.93. The summed E-state index contributed by atoms with van der Waals surface area (Å²) in [5, 5.41) is 2.60. The van der Waals surface area contributed by atoms with Crippen molar-refractivity contribution in [2.24, 2.45) is 5.92 Å². The Morgan fingerprint density at radius 2 is 1.47 bits per heavy atom. The summed E-state index contributed by atoms with van der Waals surface area (Å²) in [7, 11) is -2.52. The molecule has 0 bridgehead atoms. The van der Waals surface area contributed by atoms with Gasteiger partial charge >= 0.3 is 0 Å². The van der Waals surface area contributed by atoms with Gasteiger partial charge in [0.25, 0.3) is 8.32 Å². The van der Waals surface area contributed by atoms with Crippen LogP contribution in [0.15, 0.2) is 72.8 Å². The van der Waals surface area contributed by atoms with Gasteiger partial charge in [0.15, 0.2) is 5.79 Å². The van der Waals surface area contributed by atoms with E-state index in [9.17, 15) is 0 Å². The number of hydrogen-bond donors (Lipinski definition) is 0. The van der Waals surface area contributed by atoms with Crippen molar-refractivity contribution in [3.05, 3.63) is 72.8 Å². The van der Waals surface area contributed by atoms with Crippen LogP contribution in [0.1, 0.15) is 54.9 Å². The highest BCUT2D eigenvalue weighted by Gasteiger charge is 2.50. The van der Waals surface area contributed by atoms with Crippen LogP contribution in [0, 0.1) is 5.92 Å². The average molecular weight is 453 g/mol. The predicted octanol–water partition coefficient (Wildman–Crippen LogP) is 5.69. The Kier molecular flexibility index (Phi) is 7.82. The molecule has 0 saturated carbocycles. The van der Waals surface area contributed by atoms with E-state index in [0.717, 1.165) is 6.42 Å². The molecule has 0 aromatic heterocycles. The number of ether oxygens (including phenoxy) is 2. The van der Waals surface area contributed by atoms with Crippen LogP contribution in [0.4, 0.5) is 0 Å². The first-order valence-electron chi connectivity index (χ1n) is 11.8. The van der Waals surface area contributed by atoms with Crippen molar-refractivity contribution >= 4 is 18.7 Å². The molecular weight excluding hydrogens is 412 g/mol. The fraction of sp³-hybridized carbons (Fsp3) is 0.500. The van der Waals surface area contributed by atoms with E-state index in [0.29, 0.717) is 6.61 Å². The Morgan fingerprint density at radius 3 is 1.94 bits per heavy atom. The van der Waals surface area contributed by atoms with E-state index in [1.807, 2.05) is 20.8 Å². The first kappa shape index (κ1) is 24.9. The van der Waals surface area contributed by atoms with Crippen molar-refractivity contribution in [2.75, 3.05) is 6.61 Å². The van der Waals surface area contributed by atoms with Crippen LogP contribution < -0.4 is 10.4 Å². The fourth-order valence-corrected chi connectivity index (χ4v) is 9.54. The fourth-order valence-electron chi connectivity index (χ4n) is 4.96. The third-order valence-electron chi connectivity index (χ3n) is 6.48.